The van der Waals surface area contributed by atoms with Crippen LogP contribution < -0.4 is 0 Å². The highest BCUT2D eigenvalue weighted by atomic mass is 16.5. The predicted molar refractivity (Wildman–Crippen MR) is 111 cm³/mol. The maximum atomic E-state index is 12.7. The summed E-state index contributed by atoms with van der Waals surface area (Å²) in [7, 11) is 0. The molecule has 0 saturated carbocycles. The molecule has 1 fully saturated rings. The summed E-state index contributed by atoms with van der Waals surface area (Å²) < 4.78 is 11.2. The van der Waals surface area contributed by atoms with Gasteiger partial charge in [0.15, 0.2) is 0 Å². The number of amides is 1. The molecule has 0 unspecified atom stereocenters. The molecule has 0 bridgehead atoms. The Morgan fingerprint density at radius 3 is 2.52 bits per heavy atom. The molecule has 5 heteroatoms. The summed E-state index contributed by atoms with van der Waals surface area (Å²) in [5.41, 5.74) is 3.43. The minimum Gasteiger partial charge on any atom is -0.460 e. The van der Waals surface area contributed by atoms with E-state index >= 15 is 0 Å². The third-order valence-electron chi connectivity index (χ3n) is 5.56. The van der Waals surface area contributed by atoms with Gasteiger partial charge in [-0.15, -0.1) is 0 Å². The van der Waals surface area contributed by atoms with Crippen LogP contribution in [0.15, 0.2) is 52.9 Å². The van der Waals surface area contributed by atoms with E-state index in [-0.39, 0.29) is 11.8 Å². The molecule has 0 radical (unpaired) electrons. The highest BCUT2D eigenvalue weighted by Crippen LogP contribution is 2.38. The van der Waals surface area contributed by atoms with Crippen molar-refractivity contribution in [1.29, 1.82) is 0 Å². The maximum absolute atomic E-state index is 12.7. The smallest absolute Gasteiger partial charge is 0.374 e. The van der Waals surface area contributed by atoms with Gasteiger partial charge in [-0.25, -0.2) is 4.79 Å². The number of ether oxygens (including phenoxy) is 1. The summed E-state index contributed by atoms with van der Waals surface area (Å²) in [6.45, 7) is 5.40. The van der Waals surface area contributed by atoms with Gasteiger partial charge >= 0.3 is 5.97 Å². The van der Waals surface area contributed by atoms with Gasteiger partial charge in [-0.3, -0.25) is 4.79 Å². The van der Waals surface area contributed by atoms with Gasteiger partial charge in [-0.2, -0.15) is 0 Å². The van der Waals surface area contributed by atoms with Crippen LogP contribution in [0.4, 0.5) is 0 Å². The second kappa shape index (κ2) is 8.11. The Bertz CT molecular complexity index is 1030. The van der Waals surface area contributed by atoms with Crippen molar-refractivity contribution in [3.63, 3.8) is 0 Å². The number of fused-ring (bicyclic) bond motifs is 1. The zero-order chi connectivity index (χ0) is 20.4. The molecule has 0 atom stereocenters. The molecule has 0 aliphatic carbocycles. The molecule has 4 rings (SSSR count). The molecule has 1 amide bonds. The van der Waals surface area contributed by atoms with Crippen molar-refractivity contribution in [2.45, 2.75) is 32.6 Å². The Balaban J connectivity index is 1.60. The normalized spacial score (nSPS) is 14.9. The molecule has 1 aromatic heterocycles. The number of rotatable bonds is 4. The molecule has 1 saturated heterocycles. The highest BCUT2D eigenvalue weighted by Gasteiger charge is 2.31. The lowest BCUT2D eigenvalue weighted by atomic mass is 9.87. The van der Waals surface area contributed by atoms with Gasteiger partial charge in [0, 0.05) is 29.6 Å². The van der Waals surface area contributed by atoms with E-state index in [0.29, 0.717) is 36.6 Å². The fourth-order valence-electron chi connectivity index (χ4n) is 4.11. The van der Waals surface area contributed by atoms with Crippen LogP contribution in [-0.2, 0) is 4.74 Å². The van der Waals surface area contributed by atoms with Gasteiger partial charge in [-0.1, -0.05) is 30.3 Å². The van der Waals surface area contributed by atoms with E-state index in [9.17, 15) is 9.59 Å². The highest BCUT2D eigenvalue weighted by molar-refractivity contribution is 5.97. The largest absolute Gasteiger partial charge is 0.460 e. The minimum absolute atomic E-state index is 0.0577. The van der Waals surface area contributed by atoms with Crippen LogP contribution in [0, 0.1) is 6.92 Å². The Morgan fingerprint density at radius 1 is 1.10 bits per heavy atom. The zero-order valence-electron chi connectivity index (χ0n) is 16.8. The van der Waals surface area contributed by atoms with E-state index in [2.05, 4.69) is 0 Å². The molecule has 29 heavy (non-hydrogen) atoms. The Hall–Kier alpha value is -3.08. The van der Waals surface area contributed by atoms with E-state index < -0.39 is 5.97 Å². The molecule has 5 nitrogen and oxygen atoms in total. The van der Waals surface area contributed by atoms with Crippen molar-refractivity contribution >= 4 is 22.8 Å². The SMILES string of the molecule is CCOC(=O)c1oc2cc(C)ccc2c1C1CCN(C(=O)c2ccccc2)CC1. The Morgan fingerprint density at radius 2 is 1.83 bits per heavy atom. The Labute approximate surface area is 170 Å². The lowest BCUT2D eigenvalue weighted by molar-refractivity contribution is 0.0487. The van der Waals surface area contributed by atoms with Crippen LogP contribution in [0.3, 0.4) is 0 Å². The van der Waals surface area contributed by atoms with Crippen molar-refractivity contribution in [2.24, 2.45) is 0 Å². The van der Waals surface area contributed by atoms with Crippen LogP contribution in [0.1, 0.15) is 57.7 Å². The molecule has 3 aromatic rings. The summed E-state index contributed by atoms with van der Waals surface area (Å²) in [6.07, 6.45) is 1.57. The van der Waals surface area contributed by atoms with Gasteiger partial charge in [0.05, 0.1) is 6.61 Å². The number of hydrogen-bond acceptors (Lipinski definition) is 4. The second-order valence-corrected chi connectivity index (χ2v) is 7.50. The first-order valence-corrected chi connectivity index (χ1v) is 10.1. The molecule has 0 spiro atoms. The van der Waals surface area contributed by atoms with Gasteiger partial charge < -0.3 is 14.1 Å². The maximum Gasteiger partial charge on any atom is 0.374 e. The number of piperidine rings is 1. The van der Waals surface area contributed by atoms with Gasteiger partial charge in [0.25, 0.3) is 5.91 Å². The van der Waals surface area contributed by atoms with Gasteiger partial charge in [0.1, 0.15) is 5.58 Å². The summed E-state index contributed by atoms with van der Waals surface area (Å²) in [6, 6.07) is 15.4. The molecular formula is C24H25NO4. The molecule has 1 aliphatic heterocycles. The van der Waals surface area contributed by atoms with Crippen LogP contribution in [0.2, 0.25) is 0 Å². The number of nitrogens with zero attached hydrogens (tertiary/aromatic N) is 1. The van der Waals surface area contributed by atoms with Crippen molar-refractivity contribution in [3.05, 3.63) is 71.0 Å². The number of furan rings is 1. The molecule has 2 heterocycles. The average Bonchev–Trinajstić information content (AvgIpc) is 3.13. The lowest BCUT2D eigenvalue weighted by Gasteiger charge is -2.32. The number of hydrogen-bond donors (Lipinski definition) is 0. The number of aryl methyl sites for hydroxylation is 1. The molecule has 1 aliphatic rings. The average molecular weight is 391 g/mol. The summed E-state index contributed by atoms with van der Waals surface area (Å²) >= 11 is 0. The van der Waals surface area contributed by atoms with E-state index in [0.717, 1.165) is 29.4 Å². The van der Waals surface area contributed by atoms with Crippen LogP contribution in [-0.4, -0.2) is 36.5 Å². The predicted octanol–water partition coefficient (Wildman–Crippen LogP) is 4.94. The standard InChI is InChI=1S/C24H25NO4/c1-3-28-24(27)22-21(19-10-9-16(2)15-20(19)29-22)17-11-13-25(14-12-17)23(26)18-7-5-4-6-8-18/h4-10,15,17H,3,11-14H2,1-2H3. The first-order chi connectivity index (χ1) is 14.1. The molecule has 2 aromatic carbocycles. The molecular weight excluding hydrogens is 366 g/mol. The zero-order valence-corrected chi connectivity index (χ0v) is 16.8. The van der Waals surface area contributed by atoms with Crippen molar-refractivity contribution in [3.8, 4) is 0 Å². The van der Waals surface area contributed by atoms with Crippen LogP contribution >= 0.6 is 0 Å². The Kier molecular flexibility index (Phi) is 5.38. The summed E-state index contributed by atoms with van der Waals surface area (Å²) in [5, 5.41) is 0.964. The number of carbonyl (C=O) groups is 2. The van der Waals surface area contributed by atoms with Gasteiger partial charge in [0.2, 0.25) is 5.76 Å². The van der Waals surface area contributed by atoms with Crippen LogP contribution in [0.5, 0.6) is 0 Å². The number of likely N-dealkylation sites (tertiary alicyclic amines) is 1. The first-order valence-electron chi connectivity index (χ1n) is 10.1. The van der Waals surface area contributed by atoms with E-state index in [4.69, 9.17) is 9.15 Å². The second-order valence-electron chi connectivity index (χ2n) is 7.50. The number of carbonyl (C=O) groups excluding carboxylic acids is 2. The minimum atomic E-state index is -0.417. The quantitative estimate of drug-likeness (QED) is 0.591. The van der Waals surface area contributed by atoms with Crippen molar-refractivity contribution in [2.75, 3.05) is 19.7 Å². The van der Waals surface area contributed by atoms with E-state index in [1.54, 1.807) is 6.92 Å². The first kappa shape index (κ1) is 19.2. The topological polar surface area (TPSA) is 59.8 Å². The third kappa shape index (κ3) is 3.77. The summed E-state index contributed by atoms with van der Waals surface area (Å²) in [5.74, 6) is 0.0972. The molecule has 150 valence electrons. The lowest BCUT2D eigenvalue weighted by Crippen LogP contribution is -2.38. The summed E-state index contributed by atoms with van der Waals surface area (Å²) in [4.78, 5) is 27.2. The molecule has 0 N–H and O–H groups in total. The van der Waals surface area contributed by atoms with Crippen LogP contribution in [0.25, 0.3) is 11.0 Å². The van der Waals surface area contributed by atoms with Crippen molar-refractivity contribution in [1.82, 2.24) is 4.90 Å². The third-order valence-corrected chi connectivity index (χ3v) is 5.56. The van der Waals surface area contributed by atoms with Crippen molar-refractivity contribution < 1.29 is 18.7 Å². The fourth-order valence-corrected chi connectivity index (χ4v) is 4.11. The van der Waals surface area contributed by atoms with E-state index in [1.807, 2.05) is 60.4 Å². The number of benzene rings is 2. The monoisotopic (exact) mass is 391 g/mol. The number of esters is 1. The van der Waals surface area contributed by atoms with E-state index in [1.165, 1.54) is 0 Å². The van der Waals surface area contributed by atoms with Gasteiger partial charge in [-0.05, 0) is 56.4 Å². The fraction of sp³-hybridized carbons (Fsp3) is 0.333.